The Kier molecular flexibility index (Phi) is 6.86. The number of benzene rings is 3. The van der Waals surface area contributed by atoms with Crippen molar-refractivity contribution < 1.29 is 27.4 Å². The van der Waals surface area contributed by atoms with E-state index < -0.39 is 23.3 Å². The monoisotopic (exact) mass is 524 g/mol. The van der Waals surface area contributed by atoms with E-state index in [9.17, 15) is 18.0 Å². The summed E-state index contributed by atoms with van der Waals surface area (Å²) in [7, 11) is 4.85. The van der Waals surface area contributed by atoms with Crippen LogP contribution >= 0.6 is 0 Å². The van der Waals surface area contributed by atoms with Gasteiger partial charge in [0.2, 0.25) is 5.91 Å². The molecule has 0 aromatic heterocycles. The van der Waals surface area contributed by atoms with Crippen molar-refractivity contribution in [1.82, 2.24) is 10.2 Å². The number of likely N-dealkylation sites (N-methyl/N-ethyl adjacent to an activating group) is 1. The Hall–Kier alpha value is -3.52. The zero-order valence-electron chi connectivity index (χ0n) is 21.6. The number of alkyl halides is 3. The molecule has 3 aromatic carbocycles. The minimum Gasteiger partial charge on any atom is -0.493 e. The van der Waals surface area contributed by atoms with E-state index in [1.807, 2.05) is 42.5 Å². The molecule has 200 valence electrons. The molecule has 1 spiro atoms. The van der Waals surface area contributed by atoms with Crippen molar-refractivity contribution in [1.29, 1.82) is 0 Å². The molecule has 1 N–H and O–H groups in total. The minimum atomic E-state index is -4.37. The molecule has 5 nitrogen and oxygen atoms in total. The Morgan fingerprint density at radius 3 is 2.32 bits per heavy atom. The van der Waals surface area contributed by atoms with E-state index >= 15 is 0 Å². The van der Waals surface area contributed by atoms with Gasteiger partial charge >= 0.3 is 6.18 Å². The van der Waals surface area contributed by atoms with E-state index in [2.05, 4.69) is 10.2 Å². The first-order chi connectivity index (χ1) is 18.2. The Balaban J connectivity index is 1.58. The predicted octanol–water partition coefficient (Wildman–Crippen LogP) is 5.53. The molecule has 3 atom stereocenters. The van der Waals surface area contributed by atoms with Crippen LogP contribution in [0.3, 0.4) is 0 Å². The standard InChI is InChI=1S/C30H31F3N2O3/c1-34-28(36)27(20-7-5-4-6-8-20)35-14-13-21-16-25(37-2)26(38-3)17-24(21)29(35)18-23(29)15-19-9-11-22(12-10-19)30(31,32)33/h4-12,16-17,23,27H,13-15,18H2,1-3H3,(H,34,36)/t23-,27?,29?/m1/s1. The summed E-state index contributed by atoms with van der Waals surface area (Å²) >= 11 is 0. The van der Waals surface area contributed by atoms with Crippen LogP contribution in [-0.4, -0.2) is 38.6 Å². The summed E-state index contributed by atoms with van der Waals surface area (Å²) in [6.07, 6.45) is -2.27. The molecular weight excluding hydrogens is 493 g/mol. The number of halogens is 3. The van der Waals surface area contributed by atoms with Gasteiger partial charge < -0.3 is 14.8 Å². The molecule has 2 unspecified atom stereocenters. The van der Waals surface area contributed by atoms with Gasteiger partial charge in [-0.05, 0) is 71.7 Å². The number of ether oxygens (including phenoxy) is 2. The van der Waals surface area contributed by atoms with E-state index in [0.717, 1.165) is 47.2 Å². The molecule has 1 heterocycles. The van der Waals surface area contributed by atoms with Crippen LogP contribution in [0.4, 0.5) is 13.2 Å². The fourth-order valence-corrected chi connectivity index (χ4v) is 6.08. The molecule has 0 saturated heterocycles. The summed E-state index contributed by atoms with van der Waals surface area (Å²) in [5.41, 5.74) is 2.83. The summed E-state index contributed by atoms with van der Waals surface area (Å²) in [5, 5.41) is 2.84. The molecule has 1 saturated carbocycles. The summed E-state index contributed by atoms with van der Waals surface area (Å²) in [6, 6.07) is 18.6. The van der Waals surface area contributed by atoms with Gasteiger partial charge in [-0.1, -0.05) is 42.5 Å². The molecule has 0 radical (unpaired) electrons. The Bertz CT molecular complexity index is 1310. The fourth-order valence-electron chi connectivity index (χ4n) is 6.08. The van der Waals surface area contributed by atoms with Gasteiger partial charge in [0.15, 0.2) is 11.5 Å². The van der Waals surface area contributed by atoms with E-state index in [1.165, 1.54) is 0 Å². The normalized spacial score (nSPS) is 21.5. The van der Waals surface area contributed by atoms with Gasteiger partial charge in [0, 0.05) is 13.6 Å². The van der Waals surface area contributed by atoms with Gasteiger partial charge in [0.25, 0.3) is 0 Å². The number of nitrogens with one attached hydrogen (secondary N) is 1. The van der Waals surface area contributed by atoms with Crippen LogP contribution in [0.5, 0.6) is 11.5 Å². The van der Waals surface area contributed by atoms with Crippen molar-refractivity contribution in [2.45, 2.75) is 37.0 Å². The molecule has 2 aliphatic rings. The third kappa shape index (κ3) is 4.51. The maximum Gasteiger partial charge on any atom is 0.416 e. The highest BCUT2D eigenvalue weighted by Crippen LogP contribution is 2.63. The number of amides is 1. The number of hydrogen-bond donors (Lipinski definition) is 1. The smallest absolute Gasteiger partial charge is 0.416 e. The van der Waals surface area contributed by atoms with Gasteiger partial charge in [0.05, 0.1) is 25.3 Å². The van der Waals surface area contributed by atoms with Crippen molar-refractivity contribution in [3.05, 3.63) is 94.5 Å². The molecule has 3 aromatic rings. The number of nitrogens with zero attached hydrogens (tertiary/aromatic N) is 1. The molecule has 5 rings (SSSR count). The van der Waals surface area contributed by atoms with Gasteiger partial charge in [-0.15, -0.1) is 0 Å². The lowest BCUT2D eigenvalue weighted by Crippen LogP contribution is -2.49. The third-order valence-corrected chi connectivity index (χ3v) is 7.97. The summed E-state index contributed by atoms with van der Waals surface area (Å²) in [5.74, 6) is 1.27. The molecule has 1 aliphatic carbocycles. The van der Waals surface area contributed by atoms with Crippen molar-refractivity contribution in [3.8, 4) is 11.5 Å². The zero-order chi connectivity index (χ0) is 27.1. The molecule has 0 bridgehead atoms. The maximum atomic E-state index is 13.4. The quantitative estimate of drug-likeness (QED) is 0.442. The van der Waals surface area contributed by atoms with Crippen LogP contribution in [0.2, 0.25) is 0 Å². The second-order valence-electron chi connectivity index (χ2n) is 9.96. The molecule has 8 heteroatoms. The summed E-state index contributed by atoms with van der Waals surface area (Å²) in [6.45, 7) is 0.652. The van der Waals surface area contributed by atoms with Gasteiger partial charge in [0.1, 0.15) is 6.04 Å². The Morgan fingerprint density at radius 2 is 1.71 bits per heavy atom. The number of methoxy groups -OCH3 is 2. The third-order valence-electron chi connectivity index (χ3n) is 7.97. The number of carbonyl (C=O) groups excluding carboxylic acids is 1. The fraction of sp³-hybridized carbons (Fsp3) is 0.367. The maximum absolute atomic E-state index is 13.4. The average molecular weight is 525 g/mol. The van der Waals surface area contributed by atoms with Crippen LogP contribution in [0.15, 0.2) is 66.7 Å². The highest BCUT2D eigenvalue weighted by molar-refractivity contribution is 5.83. The number of hydrogen-bond acceptors (Lipinski definition) is 4. The molecule has 1 aliphatic heterocycles. The van der Waals surface area contributed by atoms with Crippen LogP contribution in [0, 0.1) is 5.92 Å². The van der Waals surface area contributed by atoms with E-state index in [-0.39, 0.29) is 11.8 Å². The van der Waals surface area contributed by atoms with Crippen LogP contribution in [-0.2, 0) is 29.4 Å². The largest absolute Gasteiger partial charge is 0.493 e. The van der Waals surface area contributed by atoms with Crippen molar-refractivity contribution in [2.75, 3.05) is 27.8 Å². The van der Waals surface area contributed by atoms with Gasteiger partial charge in [-0.2, -0.15) is 13.2 Å². The van der Waals surface area contributed by atoms with Crippen LogP contribution in [0.25, 0.3) is 0 Å². The van der Waals surface area contributed by atoms with E-state index in [4.69, 9.17) is 9.47 Å². The lowest BCUT2D eigenvalue weighted by molar-refractivity contribution is -0.137. The van der Waals surface area contributed by atoms with Gasteiger partial charge in [-0.25, -0.2) is 0 Å². The zero-order valence-corrected chi connectivity index (χ0v) is 21.6. The minimum absolute atomic E-state index is 0.0975. The lowest BCUT2D eigenvalue weighted by atomic mass is 9.85. The number of rotatable bonds is 7. The van der Waals surface area contributed by atoms with Crippen molar-refractivity contribution in [3.63, 3.8) is 0 Å². The highest BCUT2D eigenvalue weighted by Gasteiger charge is 2.63. The Labute approximate surface area is 220 Å². The second kappa shape index (κ2) is 9.98. The van der Waals surface area contributed by atoms with Crippen molar-refractivity contribution >= 4 is 5.91 Å². The van der Waals surface area contributed by atoms with Crippen LogP contribution < -0.4 is 14.8 Å². The van der Waals surface area contributed by atoms with Crippen molar-refractivity contribution in [2.24, 2.45) is 5.92 Å². The predicted molar refractivity (Wildman–Crippen MR) is 138 cm³/mol. The first-order valence-corrected chi connectivity index (χ1v) is 12.7. The molecule has 38 heavy (non-hydrogen) atoms. The molecule has 1 amide bonds. The molecular formula is C30H31F3N2O3. The van der Waals surface area contributed by atoms with E-state index in [1.54, 1.807) is 33.4 Å². The van der Waals surface area contributed by atoms with Gasteiger partial charge in [-0.3, -0.25) is 9.69 Å². The lowest BCUT2D eigenvalue weighted by Gasteiger charge is -2.43. The molecule has 1 fully saturated rings. The first kappa shape index (κ1) is 26.1. The number of fused-ring (bicyclic) bond motifs is 2. The van der Waals surface area contributed by atoms with Crippen LogP contribution in [0.1, 0.15) is 40.3 Å². The summed E-state index contributed by atoms with van der Waals surface area (Å²) < 4.78 is 50.6. The number of carbonyl (C=O) groups is 1. The SMILES string of the molecule is CNC(=O)C(c1ccccc1)N1CCc2cc(OC)c(OC)cc2C12C[C@H]2Cc1ccc(C(F)(F)F)cc1. The topological polar surface area (TPSA) is 50.8 Å². The first-order valence-electron chi connectivity index (χ1n) is 12.7. The van der Waals surface area contributed by atoms with E-state index in [0.29, 0.717) is 24.5 Å². The summed E-state index contributed by atoms with van der Waals surface area (Å²) in [4.78, 5) is 15.6. The second-order valence-corrected chi connectivity index (χ2v) is 9.96. The highest BCUT2D eigenvalue weighted by atomic mass is 19.4. The average Bonchev–Trinajstić information content (AvgIpc) is 3.62. The Morgan fingerprint density at radius 1 is 1.05 bits per heavy atom.